The Balaban J connectivity index is 1.59. The zero-order chi connectivity index (χ0) is 32.3. The van der Waals surface area contributed by atoms with Crippen LogP contribution in [0.3, 0.4) is 0 Å². The fraction of sp³-hybridized carbons (Fsp3) is 0.194. The number of carbonyl (C=O) groups is 1. The number of nitriles is 1. The number of hydrogen-bond donors (Lipinski definition) is 1. The van der Waals surface area contributed by atoms with Gasteiger partial charge in [-0.25, -0.2) is 26.4 Å². The first-order chi connectivity index (χ1) is 22.1. The number of carboxylic acid groups (broad SMARTS) is 1. The Hall–Kier alpha value is -4.96. The minimum absolute atomic E-state index is 0.00675. The predicted molar refractivity (Wildman–Crippen MR) is 175 cm³/mol. The van der Waals surface area contributed by atoms with Crippen molar-refractivity contribution in [2.45, 2.75) is 30.9 Å². The number of rotatable bonds is 6. The summed E-state index contributed by atoms with van der Waals surface area (Å²) in [5.74, 6) is -1.37. The van der Waals surface area contributed by atoms with Crippen molar-refractivity contribution in [2.75, 3.05) is 0 Å². The molecule has 5 aromatic rings. The minimum Gasteiger partial charge on any atom is -0.478 e. The average molecular weight is 650 g/mol. The maximum atomic E-state index is 15.0. The average Bonchev–Trinajstić information content (AvgIpc) is 3.78. The summed E-state index contributed by atoms with van der Waals surface area (Å²) in [6, 6.07) is 22.1. The van der Waals surface area contributed by atoms with Gasteiger partial charge in [0, 0.05) is 38.2 Å². The van der Waals surface area contributed by atoms with Gasteiger partial charge in [0.2, 0.25) is 10.0 Å². The van der Waals surface area contributed by atoms with Gasteiger partial charge in [0.25, 0.3) is 0 Å². The van der Waals surface area contributed by atoms with Gasteiger partial charge in [0.05, 0.1) is 34.7 Å². The highest BCUT2D eigenvalue weighted by molar-refractivity contribution is 7.90. The number of halogens is 2. The molecule has 2 bridgehead atoms. The van der Waals surface area contributed by atoms with E-state index in [9.17, 15) is 23.6 Å². The molecule has 4 aromatic carbocycles. The third kappa shape index (κ3) is 4.67. The molecule has 0 radical (unpaired) electrons. The van der Waals surface area contributed by atoms with Gasteiger partial charge in [-0.2, -0.15) is 5.26 Å². The molecule has 7 nitrogen and oxygen atoms in total. The van der Waals surface area contributed by atoms with Crippen LogP contribution in [0.5, 0.6) is 0 Å². The van der Waals surface area contributed by atoms with Gasteiger partial charge in [0.15, 0.2) is 5.69 Å². The molecule has 2 aliphatic rings. The molecule has 2 saturated carbocycles. The molecule has 0 saturated heterocycles. The summed E-state index contributed by atoms with van der Waals surface area (Å²) < 4.78 is 46.0. The standard InChI is InChI=1S/C36H25ClFN3O4S/c1-40-30-7-3-6-25(19-39)33(30)34-28-18-26(38)11-13-31(28)41(46(44,45)32-15-20-8-9-22(32)14-20)35(34)23-5-2-4-21(16-23)27-12-10-24(36(42)43)17-29(27)37/h2-7,10-13,16-18,20,22,32H,8-9,14-15H2,(H,42,43). The maximum Gasteiger partial charge on any atom is 0.335 e. The molecule has 0 spiro atoms. The van der Waals surface area contributed by atoms with Crippen LogP contribution in [0.4, 0.5) is 10.1 Å². The van der Waals surface area contributed by atoms with Crippen molar-refractivity contribution in [3.63, 3.8) is 0 Å². The number of carboxylic acids is 1. The SMILES string of the molecule is [C-]#[N+]c1cccc(C#N)c1-c1c(-c2cccc(-c3ccc(C(=O)O)cc3Cl)c2)n(S(=O)(=O)C2CC3CCC2C3)c2ccc(F)cc12. The Labute approximate surface area is 270 Å². The van der Waals surface area contributed by atoms with Gasteiger partial charge in [0.1, 0.15) is 5.82 Å². The van der Waals surface area contributed by atoms with Crippen LogP contribution in [0.2, 0.25) is 5.02 Å². The molecule has 1 aromatic heterocycles. The number of benzene rings is 4. The second kappa shape index (κ2) is 11.1. The molecule has 46 heavy (non-hydrogen) atoms. The number of aromatic nitrogens is 1. The van der Waals surface area contributed by atoms with E-state index in [1.165, 1.54) is 34.3 Å². The van der Waals surface area contributed by atoms with Gasteiger partial charge < -0.3 is 5.11 Å². The maximum absolute atomic E-state index is 15.0. The summed E-state index contributed by atoms with van der Waals surface area (Å²) in [7, 11) is -4.07. The lowest BCUT2D eigenvalue weighted by Crippen LogP contribution is -2.32. The van der Waals surface area contributed by atoms with E-state index >= 15 is 4.39 Å². The van der Waals surface area contributed by atoms with Crippen molar-refractivity contribution in [1.82, 2.24) is 3.97 Å². The fourth-order valence-corrected chi connectivity index (χ4v) is 10.1. The fourth-order valence-electron chi connectivity index (χ4n) is 7.41. The van der Waals surface area contributed by atoms with Crippen molar-refractivity contribution in [1.29, 1.82) is 5.26 Å². The van der Waals surface area contributed by atoms with Gasteiger partial charge in [-0.15, -0.1) is 0 Å². The quantitative estimate of drug-likeness (QED) is 0.185. The van der Waals surface area contributed by atoms with Crippen molar-refractivity contribution in [2.24, 2.45) is 11.8 Å². The van der Waals surface area contributed by atoms with E-state index in [0.717, 1.165) is 19.3 Å². The molecule has 10 heteroatoms. The lowest BCUT2D eigenvalue weighted by atomic mass is 9.92. The first kappa shape index (κ1) is 29.7. The zero-order valence-corrected chi connectivity index (χ0v) is 25.8. The largest absolute Gasteiger partial charge is 0.478 e. The number of nitrogens with zero attached hydrogens (tertiary/aromatic N) is 3. The van der Waals surface area contributed by atoms with Gasteiger partial charge in [-0.1, -0.05) is 54.4 Å². The number of hydrogen-bond acceptors (Lipinski definition) is 4. The molecule has 0 aliphatic heterocycles. The van der Waals surface area contributed by atoms with Crippen LogP contribution in [0.25, 0.3) is 49.3 Å². The van der Waals surface area contributed by atoms with E-state index in [2.05, 4.69) is 10.9 Å². The Bertz CT molecular complexity index is 2270. The molecule has 228 valence electrons. The predicted octanol–water partition coefficient (Wildman–Crippen LogP) is 8.92. The summed E-state index contributed by atoms with van der Waals surface area (Å²) in [6.07, 6.45) is 3.21. The molecule has 7 rings (SSSR count). The summed E-state index contributed by atoms with van der Waals surface area (Å²) in [5.41, 5.74) is 2.83. The Kier molecular flexibility index (Phi) is 7.20. The Morgan fingerprint density at radius 3 is 2.46 bits per heavy atom. The molecule has 3 unspecified atom stereocenters. The first-order valence-electron chi connectivity index (χ1n) is 14.7. The van der Waals surface area contributed by atoms with E-state index in [-0.39, 0.29) is 55.5 Å². The summed E-state index contributed by atoms with van der Waals surface area (Å²) >= 11 is 6.55. The monoisotopic (exact) mass is 649 g/mol. The molecule has 2 fully saturated rings. The van der Waals surface area contributed by atoms with Gasteiger partial charge in [-0.3, -0.25) is 0 Å². The first-order valence-corrected chi connectivity index (χ1v) is 16.6. The molecular formula is C36H25ClFN3O4S. The van der Waals surface area contributed by atoms with Crippen molar-refractivity contribution >= 4 is 44.2 Å². The van der Waals surface area contributed by atoms with Crippen LogP contribution in [-0.2, 0) is 10.0 Å². The molecule has 3 atom stereocenters. The van der Waals surface area contributed by atoms with Crippen molar-refractivity contribution in [3.05, 3.63) is 112 Å². The normalized spacial score (nSPS) is 18.8. The Morgan fingerprint density at radius 1 is 1.00 bits per heavy atom. The van der Waals surface area contributed by atoms with Crippen LogP contribution in [0, 0.1) is 35.6 Å². The van der Waals surface area contributed by atoms with Crippen LogP contribution < -0.4 is 0 Å². The lowest BCUT2D eigenvalue weighted by Gasteiger charge is -2.24. The second-order valence-electron chi connectivity index (χ2n) is 11.9. The third-order valence-corrected chi connectivity index (χ3v) is 11.9. The lowest BCUT2D eigenvalue weighted by molar-refractivity contribution is 0.0697. The Morgan fingerprint density at radius 2 is 1.78 bits per heavy atom. The summed E-state index contributed by atoms with van der Waals surface area (Å²) in [5, 5.41) is 19.4. The molecule has 2 aliphatic carbocycles. The van der Waals surface area contributed by atoms with Crippen molar-refractivity contribution in [3.8, 4) is 39.6 Å². The van der Waals surface area contributed by atoms with Crippen LogP contribution >= 0.6 is 11.6 Å². The molecule has 1 heterocycles. The van der Waals surface area contributed by atoms with Crippen molar-refractivity contribution < 1.29 is 22.7 Å². The smallest absolute Gasteiger partial charge is 0.335 e. The van der Waals surface area contributed by atoms with E-state index in [1.807, 2.05) is 0 Å². The number of aromatic carboxylic acids is 1. The second-order valence-corrected chi connectivity index (χ2v) is 14.3. The van der Waals surface area contributed by atoms with Crippen LogP contribution in [0.15, 0.2) is 78.9 Å². The van der Waals surface area contributed by atoms with E-state index in [1.54, 1.807) is 48.5 Å². The molecule has 1 N–H and O–H groups in total. The van der Waals surface area contributed by atoms with Crippen LogP contribution in [-0.4, -0.2) is 28.7 Å². The van der Waals surface area contributed by atoms with Gasteiger partial charge >= 0.3 is 5.97 Å². The zero-order valence-electron chi connectivity index (χ0n) is 24.2. The summed E-state index contributed by atoms with van der Waals surface area (Å²) in [6.45, 7) is 7.93. The molecular weight excluding hydrogens is 625 g/mol. The van der Waals surface area contributed by atoms with Crippen LogP contribution in [0.1, 0.15) is 41.6 Å². The highest BCUT2D eigenvalue weighted by atomic mass is 35.5. The van der Waals surface area contributed by atoms with E-state index < -0.39 is 27.1 Å². The van der Waals surface area contributed by atoms with E-state index in [0.29, 0.717) is 29.0 Å². The molecule has 0 amide bonds. The topological polar surface area (TPSA) is 105 Å². The highest BCUT2D eigenvalue weighted by Crippen LogP contribution is 2.52. The highest BCUT2D eigenvalue weighted by Gasteiger charge is 2.48. The third-order valence-electron chi connectivity index (χ3n) is 9.39. The summed E-state index contributed by atoms with van der Waals surface area (Å²) in [4.78, 5) is 15.2. The van der Waals surface area contributed by atoms with E-state index in [4.69, 9.17) is 18.2 Å². The van der Waals surface area contributed by atoms with Gasteiger partial charge in [-0.05, 0) is 79.1 Å². The minimum atomic E-state index is -4.07. The number of fused-ring (bicyclic) bond motifs is 3.